The van der Waals surface area contributed by atoms with Gasteiger partial charge in [0.2, 0.25) is 17.7 Å². The summed E-state index contributed by atoms with van der Waals surface area (Å²) in [6.07, 6.45) is 3.34. The van der Waals surface area contributed by atoms with Gasteiger partial charge in [0.05, 0.1) is 6.04 Å². The molecule has 0 saturated carbocycles. The highest BCUT2D eigenvalue weighted by molar-refractivity contribution is 7.98. The number of carboxylic acids is 1. The Hall–Kier alpha value is -2.44. The van der Waals surface area contributed by atoms with Crippen LogP contribution in [0.2, 0.25) is 0 Å². The third-order valence-corrected chi connectivity index (χ3v) is 6.61. The van der Waals surface area contributed by atoms with Gasteiger partial charge in [0, 0.05) is 18.7 Å². The van der Waals surface area contributed by atoms with E-state index in [1.807, 2.05) is 6.26 Å². The average molecular weight is 513 g/mol. The minimum Gasteiger partial charge on any atom is -0.508 e. The van der Waals surface area contributed by atoms with Crippen molar-refractivity contribution < 1.29 is 29.4 Å². The molecule has 1 aliphatic rings. The predicted molar refractivity (Wildman–Crippen MR) is 133 cm³/mol. The summed E-state index contributed by atoms with van der Waals surface area (Å²) in [5.74, 6) is -2.02. The van der Waals surface area contributed by atoms with Gasteiger partial charge in [-0.15, -0.1) is 0 Å². The van der Waals surface area contributed by atoms with Crippen LogP contribution in [0.4, 0.5) is 0 Å². The number of thioether (sulfide) groups is 1. The zero-order valence-electron chi connectivity index (χ0n) is 19.0. The number of hydrogen-bond acceptors (Lipinski definition) is 8. The fourth-order valence-electron chi connectivity index (χ4n) is 3.68. The van der Waals surface area contributed by atoms with Crippen LogP contribution < -0.4 is 16.4 Å². The Morgan fingerprint density at radius 1 is 1.18 bits per heavy atom. The first-order valence-electron chi connectivity index (χ1n) is 10.9. The number of nitrogens with zero attached hydrogens (tertiary/aromatic N) is 1. The SMILES string of the molecule is CSCCC(N)C(=O)NC(Cc1ccc(O)cc1)C(=O)NC(CS)C(=O)N1CCCC1C(=O)O. The maximum atomic E-state index is 13.1. The number of hydrogen-bond donors (Lipinski definition) is 6. The number of thiol groups is 1. The van der Waals surface area contributed by atoms with Gasteiger partial charge in [-0.2, -0.15) is 24.4 Å². The van der Waals surface area contributed by atoms with Crippen LogP contribution in [0.3, 0.4) is 0 Å². The number of nitrogens with two attached hydrogens (primary N) is 1. The summed E-state index contributed by atoms with van der Waals surface area (Å²) in [5, 5.41) is 24.2. The molecule has 1 saturated heterocycles. The van der Waals surface area contributed by atoms with E-state index in [0.717, 1.165) is 0 Å². The molecule has 0 bridgehead atoms. The highest BCUT2D eigenvalue weighted by atomic mass is 32.2. The number of carboxylic acid groups (broad SMARTS) is 1. The molecular formula is C22H32N4O6S2. The standard InChI is InChI=1S/C22H32N4O6S2/c1-34-10-8-15(23)19(28)24-16(11-13-4-6-14(27)7-5-13)20(29)25-17(12-33)21(30)26-9-2-3-18(26)22(31)32/h4-7,15-18,27,33H,2-3,8-12,23H2,1H3,(H,24,28)(H,25,29)(H,31,32). The molecule has 1 aromatic rings. The molecule has 0 radical (unpaired) electrons. The lowest BCUT2D eigenvalue weighted by Gasteiger charge is -2.28. The number of phenolic OH excluding ortho intramolecular Hbond substituents is 1. The summed E-state index contributed by atoms with van der Waals surface area (Å²) in [6, 6.07) is 2.35. The molecule has 0 aromatic heterocycles. The van der Waals surface area contributed by atoms with Gasteiger partial charge in [-0.05, 0) is 49.0 Å². The van der Waals surface area contributed by atoms with Crippen LogP contribution in [-0.4, -0.2) is 87.3 Å². The highest BCUT2D eigenvalue weighted by Crippen LogP contribution is 2.19. The number of phenols is 1. The number of aliphatic carboxylic acids is 1. The smallest absolute Gasteiger partial charge is 0.326 e. The molecule has 12 heteroatoms. The van der Waals surface area contributed by atoms with E-state index < -0.39 is 47.9 Å². The number of nitrogens with one attached hydrogen (secondary N) is 2. The van der Waals surface area contributed by atoms with E-state index in [4.69, 9.17) is 5.73 Å². The van der Waals surface area contributed by atoms with Gasteiger partial charge < -0.3 is 31.5 Å². The summed E-state index contributed by atoms with van der Waals surface area (Å²) < 4.78 is 0. The quantitative estimate of drug-likeness (QED) is 0.213. The maximum Gasteiger partial charge on any atom is 0.326 e. The van der Waals surface area contributed by atoms with E-state index in [1.165, 1.54) is 17.0 Å². The van der Waals surface area contributed by atoms with Crippen LogP contribution in [-0.2, 0) is 25.6 Å². The van der Waals surface area contributed by atoms with Crippen LogP contribution in [0.15, 0.2) is 24.3 Å². The molecule has 34 heavy (non-hydrogen) atoms. The second-order valence-electron chi connectivity index (χ2n) is 8.09. The zero-order chi connectivity index (χ0) is 25.3. The molecule has 1 aromatic carbocycles. The summed E-state index contributed by atoms with van der Waals surface area (Å²) in [6.45, 7) is 0.286. The third kappa shape index (κ3) is 7.81. The van der Waals surface area contributed by atoms with E-state index in [1.54, 1.807) is 23.9 Å². The maximum absolute atomic E-state index is 13.1. The normalized spacial score (nSPS) is 18.1. The number of rotatable bonds is 12. The first kappa shape index (κ1) is 27.8. The molecule has 2 rings (SSSR count). The minimum atomic E-state index is -1.09. The van der Waals surface area contributed by atoms with Crippen LogP contribution in [0.5, 0.6) is 5.75 Å². The van der Waals surface area contributed by atoms with E-state index in [2.05, 4.69) is 23.3 Å². The molecule has 1 fully saturated rings. The fourth-order valence-corrected chi connectivity index (χ4v) is 4.41. The van der Waals surface area contributed by atoms with E-state index >= 15 is 0 Å². The Kier molecular flexibility index (Phi) is 11.0. The first-order valence-corrected chi connectivity index (χ1v) is 13.0. The lowest BCUT2D eigenvalue weighted by atomic mass is 10.0. The van der Waals surface area contributed by atoms with Crippen molar-refractivity contribution in [2.24, 2.45) is 5.73 Å². The van der Waals surface area contributed by atoms with Crippen molar-refractivity contribution in [1.29, 1.82) is 0 Å². The molecule has 188 valence electrons. The molecule has 4 atom stereocenters. The molecular weight excluding hydrogens is 480 g/mol. The molecule has 3 amide bonds. The van der Waals surface area contributed by atoms with Gasteiger partial charge in [-0.3, -0.25) is 14.4 Å². The van der Waals surface area contributed by atoms with Gasteiger partial charge in [0.25, 0.3) is 0 Å². The first-order chi connectivity index (χ1) is 16.2. The van der Waals surface area contributed by atoms with Crippen molar-refractivity contribution in [3.8, 4) is 5.75 Å². The van der Waals surface area contributed by atoms with Crippen molar-refractivity contribution in [2.75, 3.05) is 24.3 Å². The number of likely N-dealkylation sites (tertiary alicyclic amines) is 1. The average Bonchev–Trinajstić information content (AvgIpc) is 3.31. The number of carbonyl (C=O) groups excluding carboxylic acids is 3. The predicted octanol–water partition coefficient (Wildman–Crippen LogP) is -0.00990. The molecule has 10 nitrogen and oxygen atoms in total. The lowest BCUT2D eigenvalue weighted by Crippen LogP contribution is -2.58. The fraction of sp³-hybridized carbons (Fsp3) is 0.545. The van der Waals surface area contributed by atoms with Gasteiger partial charge in [0.1, 0.15) is 23.9 Å². The molecule has 1 aliphatic heterocycles. The summed E-state index contributed by atoms with van der Waals surface area (Å²) in [4.78, 5) is 51.4. The molecule has 6 N–H and O–H groups in total. The lowest BCUT2D eigenvalue weighted by molar-refractivity contribution is -0.149. The van der Waals surface area contributed by atoms with Crippen molar-refractivity contribution in [2.45, 2.75) is 49.9 Å². The van der Waals surface area contributed by atoms with Crippen molar-refractivity contribution >= 4 is 48.1 Å². The zero-order valence-corrected chi connectivity index (χ0v) is 20.7. The molecule has 4 unspecified atom stereocenters. The van der Waals surface area contributed by atoms with Crippen LogP contribution in [0, 0.1) is 0 Å². The van der Waals surface area contributed by atoms with Crippen LogP contribution in [0.1, 0.15) is 24.8 Å². The Morgan fingerprint density at radius 2 is 1.82 bits per heavy atom. The molecule has 1 heterocycles. The summed E-state index contributed by atoms with van der Waals surface area (Å²) in [5.41, 5.74) is 6.62. The van der Waals surface area contributed by atoms with E-state index in [9.17, 15) is 29.4 Å². The number of amides is 3. The van der Waals surface area contributed by atoms with Gasteiger partial charge in [-0.25, -0.2) is 4.79 Å². The second-order valence-corrected chi connectivity index (χ2v) is 9.44. The topological polar surface area (TPSA) is 162 Å². The number of aromatic hydroxyl groups is 1. The monoisotopic (exact) mass is 512 g/mol. The Bertz CT molecular complexity index is 869. The number of benzene rings is 1. The van der Waals surface area contributed by atoms with Gasteiger partial charge in [0.15, 0.2) is 0 Å². The van der Waals surface area contributed by atoms with Gasteiger partial charge in [-0.1, -0.05) is 12.1 Å². The summed E-state index contributed by atoms with van der Waals surface area (Å²) in [7, 11) is 0. The Balaban J connectivity index is 2.16. The third-order valence-electron chi connectivity index (χ3n) is 5.60. The van der Waals surface area contributed by atoms with Gasteiger partial charge >= 0.3 is 5.97 Å². The van der Waals surface area contributed by atoms with E-state index in [-0.39, 0.29) is 24.5 Å². The van der Waals surface area contributed by atoms with Crippen molar-refractivity contribution in [1.82, 2.24) is 15.5 Å². The highest BCUT2D eigenvalue weighted by Gasteiger charge is 2.38. The van der Waals surface area contributed by atoms with E-state index in [0.29, 0.717) is 30.6 Å². The van der Waals surface area contributed by atoms with Crippen LogP contribution in [0.25, 0.3) is 0 Å². The largest absolute Gasteiger partial charge is 0.508 e. The summed E-state index contributed by atoms with van der Waals surface area (Å²) >= 11 is 5.73. The number of carbonyl (C=O) groups is 4. The minimum absolute atomic E-state index is 0.0411. The Labute approximate surface area is 208 Å². The second kappa shape index (κ2) is 13.4. The van der Waals surface area contributed by atoms with Crippen LogP contribution >= 0.6 is 24.4 Å². The molecule has 0 aliphatic carbocycles. The Morgan fingerprint density at radius 3 is 2.41 bits per heavy atom. The van der Waals surface area contributed by atoms with Crippen molar-refractivity contribution in [3.05, 3.63) is 29.8 Å². The molecule has 0 spiro atoms. The van der Waals surface area contributed by atoms with Crippen molar-refractivity contribution in [3.63, 3.8) is 0 Å².